The van der Waals surface area contributed by atoms with Crippen LogP contribution in [0.3, 0.4) is 0 Å². The molecule has 2 aliphatic heterocycles. The topological polar surface area (TPSA) is 32.3 Å². The van der Waals surface area contributed by atoms with Gasteiger partial charge in [0.25, 0.3) is 5.91 Å². The predicted octanol–water partition coefficient (Wildman–Crippen LogP) is 3.44. The van der Waals surface area contributed by atoms with E-state index in [1.165, 1.54) is 45.2 Å². The molecule has 2 atom stereocenters. The maximum atomic E-state index is 12.3. The lowest BCUT2D eigenvalue weighted by Crippen LogP contribution is -2.51. The van der Waals surface area contributed by atoms with Crippen molar-refractivity contribution in [3.8, 4) is 0 Å². The highest BCUT2D eigenvalue weighted by molar-refractivity contribution is 9.10. The van der Waals surface area contributed by atoms with Crippen molar-refractivity contribution >= 4 is 21.8 Å². The SMILES string of the molecule is O=C(NC[C@H]1CCCN2CCCC[C@H]12)c1ccccc1Br. The van der Waals surface area contributed by atoms with Gasteiger partial charge >= 0.3 is 0 Å². The molecule has 0 saturated carbocycles. The summed E-state index contributed by atoms with van der Waals surface area (Å²) in [4.78, 5) is 15.0. The average molecular weight is 351 g/mol. The molecule has 21 heavy (non-hydrogen) atoms. The second-order valence-corrected chi connectivity index (χ2v) is 7.05. The van der Waals surface area contributed by atoms with Crippen molar-refractivity contribution in [3.63, 3.8) is 0 Å². The molecule has 4 heteroatoms. The van der Waals surface area contributed by atoms with Crippen molar-refractivity contribution in [1.82, 2.24) is 10.2 Å². The first-order valence-electron chi connectivity index (χ1n) is 8.02. The maximum Gasteiger partial charge on any atom is 0.252 e. The van der Waals surface area contributed by atoms with E-state index in [-0.39, 0.29) is 5.91 Å². The van der Waals surface area contributed by atoms with E-state index in [1.54, 1.807) is 0 Å². The summed E-state index contributed by atoms with van der Waals surface area (Å²) < 4.78 is 0.866. The van der Waals surface area contributed by atoms with E-state index in [0.717, 1.165) is 16.6 Å². The van der Waals surface area contributed by atoms with Crippen molar-refractivity contribution in [1.29, 1.82) is 0 Å². The van der Waals surface area contributed by atoms with Gasteiger partial charge in [-0.25, -0.2) is 0 Å². The number of rotatable bonds is 3. The molecule has 1 aromatic carbocycles. The molecule has 1 N–H and O–H groups in total. The Morgan fingerprint density at radius 3 is 2.86 bits per heavy atom. The second kappa shape index (κ2) is 6.93. The number of amides is 1. The van der Waals surface area contributed by atoms with Crippen LogP contribution in [0.2, 0.25) is 0 Å². The summed E-state index contributed by atoms with van der Waals surface area (Å²) in [6, 6.07) is 8.31. The molecule has 3 nitrogen and oxygen atoms in total. The van der Waals surface area contributed by atoms with Gasteiger partial charge in [0.05, 0.1) is 5.56 Å². The Bertz CT molecular complexity index is 503. The molecule has 2 saturated heterocycles. The highest BCUT2D eigenvalue weighted by Crippen LogP contribution is 2.30. The molecule has 1 amide bonds. The Kier molecular flexibility index (Phi) is 4.96. The highest BCUT2D eigenvalue weighted by atomic mass is 79.9. The quantitative estimate of drug-likeness (QED) is 0.905. The molecule has 0 aliphatic carbocycles. The van der Waals surface area contributed by atoms with E-state index < -0.39 is 0 Å². The molecule has 3 rings (SSSR count). The first-order valence-corrected chi connectivity index (χ1v) is 8.82. The summed E-state index contributed by atoms with van der Waals surface area (Å²) in [5, 5.41) is 3.15. The number of hydrogen-bond donors (Lipinski definition) is 1. The third kappa shape index (κ3) is 3.49. The molecule has 2 heterocycles. The Hall–Kier alpha value is -0.870. The molecule has 2 aliphatic rings. The highest BCUT2D eigenvalue weighted by Gasteiger charge is 2.32. The predicted molar refractivity (Wildman–Crippen MR) is 88.4 cm³/mol. The Balaban J connectivity index is 1.59. The average Bonchev–Trinajstić information content (AvgIpc) is 2.53. The summed E-state index contributed by atoms with van der Waals surface area (Å²) in [6.45, 7) is 3.31. The number of nitrogens with one attached hydrogen (secondary N) is 1. The maximum absolute atomic E-state index is 12.3. The number of piperidine rings is 2. The standard InChI is InChI=1S/C17H23BrN2O/c18-15-8-2-1-7-14(15)17(21)19-12-13-6-5-11-20-10-4-3-9-16(13)20/h1-2,7-8,13,16H,3-6,9-12H2,(H,19,21)/t13-,16-/m1/s1. The fraction of sp³-hybridized carbons (Fsp3) is 0.588. The van der Waals surface area contributed by atoms with Crippen molar-refractivity contribution in [3.05, 3.63) is 34.3 Å². The van der Waals surface area contributed by atoms with E-state index in [1.807, 2.05) is 24.3 Å². The lowest BCUT2D eigenvalue weighted by molar-refractivity contribution is 0.0575. The minimum atomic E-state index is 0.0374. The van der Waals surface area contributed by atoms with Gasteiger partial charge in [-0.1, -0.05) is 18.6 Å². The zero-order valence-electron chi connectivity index (χ0n) is 12.4. The van der Waals surface area contributed by atoms with Crippen molar-refractivity contribution in [2.75, 3.05) is 19.6 Å². The molecular weight excluding hydrogens is 328 g/mol. The smallest absolute Gasteiger partial charge is 0.252 e. The van der Waals surface area contributed by atoms with Crippen molar-refractivity contribution < 1.29 is 4.79 Å². The Labute approximate surface area is 135 Å². The molecule has 0 aromatic heterocycles. The van der Waals surface area contributed by atoms with E-state index in [0.29, 0.717) is 12.0 Å². The Morgan fingerprint density at radius 2 is 2.00 bits per heavy atom. The van der Waals surface area contributed by atoms with Crippen LogP contribution >= 0.6 is 15.9 Å². The van der Waals surface area contributed by atoms with Crippen molar-refractivity contribution in [2.45, 2.75) is 38.1 Å². The number of benzene rings is 1. The van der Waals surface area contributed by atoms with Gasteiger partial charge in [0, 0.05) is 17.1 Å². The summed E-state index contributed by atoms with van der Waals surface area (Å²) in [7, 11) is 0. The molecule has 114 valence electrons. The molecule has 1 aromatic rings. The summed E-state index contributed by atoms with van der Waals surface area (Å²) in [5.74, 6) is 0.654. The van der Waals surface area contributed by atoms with E-state index in [2.05, 4.69) is 26.1 Å². The van der Waals surface area contributed by atoms with Gasteiger partial charge in [0.15, 0.2) is 0 Å². The van der Waals surface area contributed by atoms with Gasteiger partial charge in [-0.15, -0.1) is 0 Å². The molecule has 0 unspecified atom stereocenters. The van der Waals surface area contributed by atoms with E-state index in [4.69, 9.17) is 0 Å². The van der Waals surface area contributed by atoms with Crippen molar-refractivity contribution in [2.24, 2.45) is 5.92 Å². The molecule has 0 spiro atoms. The lowest BCUT2D eigenvalue weighted by Gasteiger charge is -2.44. The van der Waals surface area contributed by atoms with Gasteiger partial charge in [-0.2, -0.15) is 0 Å². The number of fused-ring (bicyclic) bond motifs is 1. The van der Waals surface area contributed by atoms with Crippen LogP contribution in [0, 0.1) is 5.92 Å². The van der Waals surface area contributed by atoms with Crippen LogP contribution in [-0.2, 0) is 0 Å². The van der Waals surface area contributed by atoms with Crippen LogP contribution in [0.25, 0.3) is 0 Å². The number of carbonyl (C=O) groups excluding carboxylic acids is 1. The zero-order chi connectivity index (χ0) is 14.7. The second-order valence-electron chi connectivity index (χ2n) is 6.19. The fourth-order valence-electron chi connectivity index (χ4n) is 3.78. The third-order valence-electron chi connectivity index (χ3n) is 4.87. The summed E-state index contributed by atoms with van der Waals surface area (Å²) >= 11 is 3.45. The molecule has 2 fully saturated rings. The lowest BCUT2D eigenvalue weighted by atomic mass is 9.83. The number of hydrogen-bond acceptors (Lipinski definition) is 2. The first-order chi connectivity index (χ1) is 10.3. The fourth-order valence-corrected chi connectivity index (χ4v) is 4.24. The number of carbonyl (C=O) groups is 1. The van der Waals surface area contributed by atoms with Crippen LogP contribution in [0.1, 0.15) is 42.5 Å². The first kappa shape index (κ1) is 15.0. The van der Waals surface area contributed by atoms with E-state index >= 15 is 0 Å². The van der Waals surface area contributed by atoms with Crippen LogP contribution in [-0.4, -0.2) is 36.5 Å². The largest absolute Gasteiger partial charge is 0.352 e. The summed E-state index contributed by atoms with van der Waals surface area (Å²) in [6.07, 6.45) is 6.50. The van der Waals surface area contributed by atoms with Gasteiger partial charge < -0.3 is 10.2 Å². The normalized spacial score (nSPS) is 26.1. The molecule has 0 radical (unpaired) electrons. The molecular formula is C17H23BrN2O. The van der Waals surface area contributed by atoms with Gasteiger partial charge in [0.2, 0.25) is 0 Å². The van der Waals surface area contributed by atoms with Gasteiger partial charge in [0.1, 0.15) is 0 Å². The zero-order valence-corrected chi connectivity index (χ0v) is 13.9. The van der Waals surface area contributed by atoms with Crippen LogP contribution in [0.15, 0.2) is 28.7 Å². The van der Waals surface area contributed by atoms with Crippen LogP contribution < -0.4 is 5.32 Å². The van der Waals surface area contributed by atoms with Crippen LogP contribution in [0.4, 0.5) is 0 Å². The van der Waals surface area contributed by atoms with E-state index in [9.17, 15) is 4.79 Å². The minimum Gasteiger partial charge on any atom is -0.352 e. The molecule has 0 bridgehead atoms. The number of halogens is 1. The Morgan fingerprint density at radius 1 is 1.19 bits per heavy atom. The number of nitrogens with zero attached hydrogens (tertiary/aromatic N) is 1. The van der Waals surface area contributed by atoms with Crippen LogP contribution in [0.5, 0.6) is 0 Å². The minimum absolute atomic E-state index is 0.0374. The summed E-state index contributed by atoms with van der Waals surface area (Å²) in [5.41, 5.74) is 0.730. The van der Waals surface area contributed by atoms with Gasteiger partial charge in [-0.05, 0) is 72.8 Å². The monoisotopic (exact) mass is 350 g/mol. The third-order valence-corrected chi connectivity index (χ3v) is 5.56. The van der Waals surface area contributed by atoms with Gasteiger partial charge in [-0.3, -0.25) is 4.79 Å².